The zero-order chi connectivity index (χ0) is 10.3. The molecule has 1 aromatic carbocycles. The fourth-order valence-corrected chi connectivity index (χ4v) is 2.83. The first-order valence-corrected chi connectivity index (χ1v) is 5.99. The summed E-state index contributed by atoms with van der Waals surface area (Å²) in [4.78, 5) is 0. The number of rotatable bonds is 2. The van der Waals surface area contributed by atoms with E-state index < -0.39 is 6.10 Å². The third kappa shape index (κ3) is 2.10. The van der Waals surface area contributed by atoms with Gasteiger partial charge in [0.1, 0.15) is 6.10 Å². The van der Waals surface area contributed by atoms with Crippen LogP contribution in [0.2, 0.25) is 0 Å². The Balaban J connectivity index is 2.32. The van der Waals surface area contributed by atoms with Crippen LogP contribution in [0.5, 0.6) is 0 Å². The van der Waals surface area contributed by atoms with Gasteiger partial charge in [-0.2, -0.15) is 0 Å². The van der Waals surface area contributed by atoms with Crippen molar-refractivity contribution < 1.29 is 5.11 Å². The molecule has 0 bridgehead atoms. The molecule has 1 N–H and O–H groups in total. The smallest absolute Gasteiger partial charge is 0.101 e. The van der Waals surface area contributed by atoms with Crippen molar-refractivity contribution in [3.63, 3.8) is 0 Å². The van der Waals surface area contributed by atoms with E-state index in [1.54, 1.807) is 0 Å². The minimum Gasteiger partial charge on any atom is -0.384 e. The molecule has 74 valence electrons. The van der Waals surface area contributed by atoms with Crippen LogP contribution in [0.1, 0.15) is 25.0 Å². The van der Waals surface area contributed by atoms with Gasteiger partial charge in [-0.1, -0.05) is 37.4 Å². The van der Waals surface area contributed by atoms with Crippen molar-refractivity contribution in [3.8, 4) is 0 Å². The largest absolute Gasteiger partial charge is 0.384 e. The Morgan fingerprint density at radius 2 is 1.71 bits per heavy atom. The predicted octanol–water partition coefficient (Wildman–Crippen LogP) is 3.97. The van der Waals surface area contributed by atoms with E-state index >= 15 is 0 Å². The van der Waals surface area contributed by atoms with Crippen molar-refractivity contribution in [1.29, 1.82) is 0 Å². The van der Waals surface area contributed by atoms with E-state index in [1.807, 2.05) is 18.2 Å². The van der Waals surface area contributed by atoms with Crippen LogP contribution in [-0.2, 0) is 0 Å². The molecule has 14 heavy (non-hydrogen) atoms. The van der Waals surface area contributed by atoms with Crippen molar-refractivity contribution in [3.05, 3.63) is 43.9 Å². The summed E-state index contributed by atoms with van der Waals surface area (Å²) in [6.45, 7) is 2.06. The standard InChI is InChI=1S/C11H10Br2O/c1-6-2-10(6)11(14)7-3-8(12)5-9(13)4-7/h3-5,11,14H,2H2,1H3. The van der Waals surface area contributed by atoms with E-state index in [0.717, 1.165) is 26.5 Å². The zero-order valence-electron chi connectivity index (χ0n) is 7.72. The number of halogens is 2. The lowest BCUT2D eigenvalue weighted by Crippen LogP contribution is -1.94. The summed E-state index contributed by atoms with van der Waals surface area (Å²) >= 11 is 6.82. The molecular formula is C11H10Br2O. The average Bonchev–Trinajstić information content (AvgIpc) is 2.79. The number of aliphatic hydroxyl groups is 1. The summed E-state index contributed by atoms with van der Waals surface area (Å²) in [6.07, 6.45) is 0.550. The van der Waals surface area contributed by atoms with E-state index in [9.17, 15) is 5.11 Å². The van der Waals surface area contributed by atoms with Crippen LogP contribution in [0.15, 0.2) is 38.3 Å². The Labute approximate surface area is 100 Å². The molecule has 1 nitrogen and oxygen atoms in total. The Morgan fingerprint density at radius 3 is 2.14 bits per heavy atom. The third-order valence-electron chi connectivity index (χ3n) is 2.41. The predicted molar refractivity (Wildman–Crippen MR) is 64.1 cm³/mol. The number of hydrogen-bond donors (Lipinski definition) is 1. The van der Waals surface area contributed by atoms with Crippen LogP contribution in [0.4, 0.5) is 0 Å². The van der Waals surface area contributed by atoms with Crippen molar-refractivity contribution >= 4 is 31.9 Å². The summed E-state index contributed by atoms with van der Waals surface area (Å²) in [5.74, 6) is 0. The highest BCUT2D eigenvalue weighted by Gasteiger charge is 2.25. The van der Waals surface area contributed by atoms with Crippen LogP contribution in [0.25, 0.3) is 0 Å². The van der Waals surface area contributed by atoms with Crippen LogP contribution in [-0.4, -0.2) is 5.11 Å². The molecule has 0 saturated heterocycles. The molecule has 3 heteroatoms. The summed E-state index contributed by atoms with van der Waals surface area (Å²) < 4.78 is 1.97. The Kier molecular flexibility index (Phi) is 2.82. The second kappa shape index (κ2) is 3.80. The van der Waals surface area contributed by atoms with Gasteiger partial charge in [0.15, 0.2) is 0 Å². The van der Waals surface area contributed by atoms with Gasteiger partial charge in [-0.15, -0.1) is 0 Å². The number of aliphatic hydroxyl groups excluding tert-OH is 1. The lowest BCUT2D eigenvalue weighted by molar-refractivity contribution is 0.220. The molecule has 0 spiro atoms. The molecule has 0 aliphatic heterocycles. The Morgan fingerprint density at radius 1 is 1.21 bits per heavy atom. The van der Waals surface area contributed by atoms with Crippen LogP contribution in [0, 0.1) is 0 Å². The highest BCUT2D eigenvalue weighted by molar-refractivity contribution is 9.11. The minimum absolute atomic E-state index is 0.427. The number of hydrogen-bond acceptors (Lipinski definition) is 1. The summed E-state index contributed by atoms with van der Waals surface area (Å²) in [7, 11) is 0. The van der Waals surface area contributed by atoms with Crippen molar-refractivity contribution in [2.24, 2.45) is 0 Å². The van der Waals surface area contributed by atoms with E-state index in [0.29, 0.717) is 0 Å². The lowest BCUT2D eigenvalue weighted by Gasteiger charge is -2.08. The third-order valence-corrected chi connectivity index (χ3v) is 3.33. The Hall–Kier alpha value is -0.120. The SMILES string of the molecule is CC1=C(C(O)c2cc(Br)cc(Br)c2)C1. The fraction of sp³-hybridized carbons (Fsp3) is 0.273. The molecule has 1 atom stereocenters. The summed E-state index contributed by atoms with van der Waals surface area (Å²) in [5.41, 5.74) is 3.42. The molecule has 1 aliphatic rings. The average molecular weight is 318 g/mol. The van der Waals surface area contributed by atoms with Crippen molar-refractivity contribution in [2.75, 3.05) is 0 Å². The van der Waals surface area contributed by atoms with E-state index in [-0.39, 0.29) is 0 Å². The van der Waals surface area contributed by atoms with Gasteiger partial charge >= 0.3 is 0 Å². The van der Waals surface area contributed by atoms with Gasteiger partial charge in [0.05, 0.1) is 0 Å². The maximum absolute atomic E-state index is 9.98. The van der Waals surface area contributed by atoms with Gasteiger partial charge in [-0.05, 0) is 42.7 Å². The molecule has 1 aromatic rings. The molecule has 0 fully saturated rings. The van der Waals surface area contributed by atoms with Gasteiger partial charge in [0.2, 0.25) is 0 Å². The van der Waals surface area contributed by atoms with Gasteiger partial charge in [-0.3, -0.25) is 0 Å². The maximum atomic E-state index is 9.98. The van der Waals surface area contributed by atoms with Gasteiger partial charge in [0, 0.05) is 8.95 Å². The van der Waals surface area contributed by atoms with E-state index in [4.69, 9.17) is 0 Å². The first-order valence-electron chi connectivity index (χ1n) is 4.40. The topological polar surface area (TPSA) is 20.2 Å². The highest BCUT2D eigenvalue weighted by Crippen LogP contribution is 2.41. The summed E-state index contributed by atoms with van der Waals surface area (Å²) in [5, 5.41) is 9.98. The van der Waals surface area contributed by atoms with E-state index in [2.05, 4.69) is 38.8 Å². The van der Waals surface area contributed by atoms with Gasteiger partial charge < -0.3 is 5.11 Å². The van der Waals surface area contributed by atoms with Crippen molar-refractivity contribution in [1.82, 2.24) is 0 Å². The molecule has 0 aromatic heterocycles. The van der Waals surface area contributed by atoms with E-state index in [1.165, 1.54) is 5.57 Å². The van der Waals surface area contributed by atoms with Crippen molar-refractivity contribution in [2.45, 2.75) is 19.4 Å². The normalized spacial score (nSPS) is 17.1. The fourth-order valence-electron chi connectivity index (χ4n) is 1.51. The van der Waals surface area contributed by atoms with Crippen LogP contribution < -0.4 is 0 Å². The Bertz CT molecular complexity index is 389. The molecule has 1 aliphatic carbocycles. The first-order chi connectivity index (χ1) is 6.58. The second-order valence-corrected chi connectivity index (χ2v) is 5.42. The number of benzene rings is 1. The molecule has 2 rings (SSSR count). The molecule has 0 heterocycles. The van der Waals surface area contributed by atoms with Crippen LogP contribution >= 0.6 is 31.9 Å². The van der Waals surface area contributed by atoms with Gasteiger partial charge in [0.25, 0.3) is 0 Å². The maximum Gasteiger partial charge on any atom is 0.101 e. The highest BCUT2D eigenvalue weighted by atomic mass is 79.9. The number of allylic oxidation sites excluding steroid dienone is 1. The quantitative estimate of drug-likeness (QED) is 0.818. The van der Waals surface area contributed by atoms with Crippen LogP contribution in [0.3, 0.4) is 0 Å². The molecule has 0 radical (unpaired) electrons. The molecule has 1 unspecified atom stereocenters. The molecule has 0 saturated carbocycles. The molecular weight excluding hydrogens is 308 g/mol. The monoisotopic (exact) mass is 316 g/mol. The lowest BCUT2D eigenvalue weighted by atomic mass is 10.1. The summed E-state index contributed by atoms with van der Waals surface area (Å²) in [6, 6.07) is 5.87. The van der Waals surface area contributed by atoms with Gasteiger partial charge in [-0.25, -0.2) is 0 Å². The zero-order valence-corrected chi connectivity index (χ0v) is 10.9. The minimum atomic E-state index is -0.427. The first kappa shape index (κ1) is 10.4. The second-order valence-electron chi connectivity index (χ2n) is 3.59. The molecule has 0 amide bonds.